The Bertz CT molecular complexity index is 934. The van der Waals surface area contributed by atoms with Crippen molar-refractivity contribution in [3.63, 3.8) is 0 Å². The lowest BCUT2D eigenvalue weighted by Crippen LogP contribution is -2.44. The fourth-order valence-electron chi connectivity index (χ4n) is 4.09. The van der Waals surface area contributed by atoms with Crippen LogP contribution in [0.1, 0.15) is 38.2 Å². The van der Waals surface area contributed by atoms with Crippen LogP contribution in [-0.4, -0.2) is 47.3 Å². The van der Waals surface area contributed by atoms with Gasteiger partial charge in [-0.25, -0.2) is 4.79 Å². The molecule has 0 aliphatic carbocycles. The first kappa shape index (κ1) is 18.5. The summed E-state index contributed by atoms with van der Waals surface area (Å²) in [6, 6.07) is 13.1. The van der Waals surface area contributed by atoms with Gasteiger partial charge in [-0.15, -0.1) is 0 Å². The molecule has 2 fully saturated rings. The van der Waals surface area contributed by atoms with Crippen LogP contribution < -0.4 is 5.32 Å². The smallest absolute Gasteiger partial charge is 0.325 e. The molecule has 2 aromatic carbocycles. The number of rotatable bonds is 3. The molecule has 2 aliphatic rings. The average Bonchev–Trinajstić information content (AvgIpc) is 2.91. The highest BCUT2D eigenvalue weighted by molar-refractivity contribution is 6.09. The van der Waals surface area contributed by atoms with Gasteiger partial charge in [0.1, 0.15) is 12.1 Å². The number of amides is 4. The molecule has 28 heavy (non-hydrogen) atoms. The topological polar surface area (TPSA) is 69.7 Å². The molecule has 0 bridgehead atoms. The first-order valence-electron chi connectivity index (χ1n) is 9.90. The third-order valence-corrected chi connectivity index (χ3v) is 5.85. The highest BCUT2D eigenvalue weighted by Gasteiger charge is 2.49. The van der Waals surface area contributed by atoms with Crippen molar-refractivity contribution in [1.82, 2.24) is 15.1 Å². The van der Waals surface area contributed by atoms with E-state index in [0.717, 1.165) is 41.4 Å². The predicted molar refractivity (Wildman–Crippen MR) is 107 cm³/mol. The number of hydrogen-bond acceptors (Lipinski definition) is 3. The monoisotopic (exact) mass is 379 g/mol. The number of hydrogen-bond donors (Lipinski definition) is 1. The van der Waals surface area contributed by atoms with E-state index in [1.54, 1.807) is 11.8 Å². The van der Waals surface area contributed by atoms with Gasteiger partial charge < -0.3 is 10.2 Å². The van der Waals surface area contributed by atoms with Crippen molar-refractivity contribution in [2.45, 2.75) is 38.1 Å². The number of urea groups is 1. The van der Waals surface area contributed by atoms with Gasteiger partial charge in [0.05, 0.1) is 0 Å². The van der Waals surface area contributed by atoms with E-state index < -0.39 is 11.6 Å². The van der Waals surface area contributed by atoms with Gasteiger partial charge in [-0.2, -0.15) is 0 Å². The van der Waals surface area contributed by atoms with Gasteiger partial charge in [0, 0.05) is 13.1 Å². The Morgan fingerprint density at radius 1 is 1.00 bits per heavy atom. The lowest BCUT2D eigenvalue weighted by molar-refractivity contribution is -0.138. The highest BCUT2D eigenvalue weighted by Crippen LogP contribution is 2.31. The zero-order valence-electron chi connectivity index (χ0n) is 16.1. The van der Waals surface area contributed by atoms with Gasteiger partial charge in [-0.1, -0.05) is 49.2 Å². The van der Waals surface area contributed by atoms with Gasteiger partial charge in [0.2, 0.25) is 5.91 Å². The third kappa shape index (κ3) is 3.23. The van der Waals surface area contributed by atoms with Gasteiger partial charge in [0.15, 0.2) is 0 Å². The van der Waals surface area contributed by atoms with E-state index in [4.69, 9.17) is 0 Å². The molecule has 0 aromatic heterocycles. The van der Waals surface area contributed by atoms with Crippen molar-refractivity contribution in [1.29, 1.82) is 0 Å². The van der Waals surface area contributed by atoms with E-state index in [1.165, 1.54) is 0 Å². The second-order valence-electron chi connectivity index (χ2n) is 7.80. The van der Waals surface area contributed by atoms with E-state index in [0.29, 0.717) is 18.7 Å². The summed E-state index contributed by atoms with van der Waals surface area (Å²) in [5, 5.41) is 4.87. The Labute approximate surface area is 164 Å². The summed E-state index contributed by atoms with van der Waals surface area (Å²) in [7, 11) is 0. The van der Waals surface area contributed by atoms with Crippen LogP contribution in [0.5, 0.6) is 0 Å². The zero-order chi connectivity index (χ0) is 19.7. The Morgan fingerprint density at radius 2 is 1.68 bits per heavy atom. The first-order chi connectivity index (χ1) is 13.5. The molecule has 0 spiro atoms. The Balaban J connectivity index is 1.56. The summed E-state index contributed by atoms with van der Waals surface area (Å²) in [6.07, 6.45) is 4.18. The number of carbonyl (C=O) groups is 3. The molecule has 6 heteroatoms. The second-order valence-corrected chi connectivity index (χ2v) is 7.80. The summed E-state index contributed by atoms with van der Waals surface area (Å²) in [6.45, 7) is 2.90. The van der Waals surface area contributed by atoms with Crippen LogP contribution in [0.3, 0.4) is 0 Å². The van der Waals surface area contributed by atoms with Crippen LogP contribution in [0.4, 0.5) is 4.79 Å². The standard InChI is InChI=1S/C22H25N3O3/c1-22(18-11-10-16-8-4-5-9-17(16)14-18)20(27)25(21(28)23-22)15-19(26)24-12-6-2-3-7-13-24/h4-5,8-11,14H,2-3,6-7,12-13,15H2,1H3,(H,23,28)/t22-/m1/s1. The number of likely N-dealkylation sites (tertiary alicyclic amines) is 1. The normalized spacial score (nSPS) is 23.0. The minimum Gasteiger partial charge on any atom is -0.341 e. The molecule has 6 nitrogen and oxygen atoms in total. The van der Waals surface area contributed by atoms with Gasteiger partial charge in [0.25, 0.3) is 5.91 Å². The summed E-state index contributed by atoms with van der Waals surface area (Å²) in [5.74, 6) is -0.538. The predicted octanol–water partition coefficient (Wildman–Crippen LogP) is 3.01. The van der Waals surface area contributed by atoms with Crippen molar-refractivity contribution < 1.29 is 14.4 Å². The molecule has 2 aromatic rings. The third-order valence-electron chi connectivity index (χ3n) is 5.85. The van der Waals surface area contributed by atoms with E-state index in [-0.39, 0.29) is 18.4 Å². The summed E-state index contributed by atoms with van der Waals surface area (Å²) < 4.78 is 0. The Hall–Kier alpha value is -2.89. The number of carbonyl (C=O) groups excluding carboxylic acids is 3. The largest absolute Gasteiger partial charge is 0.341 e. The lowest BCUT2D eigenvalue weighted by Gasteiger charge is -2.24. The van der Waals surface area contributed by atoms with Crippen molar-refractivity contribution in [3.05, 3.63) is 48.0 Å². The van der Waals surface area contributed by atoms with Crippen LogP contribution in [0.15, 0.2) is 42.5 Å². The molecule has 4 amide bonds. The lowest BCUT2D eigenvalue weighted by atomic mass is 9.90. The summed E-state index contributed by atoms with van der Waals surface area (Å²) in [5.41, 5.74) is -0.450. The molecule has 0 unspecified atom stereocenters. The molecular formula is C22H25N3O3. The highest BCUT2D eigenvalue weighted by atomic mass is 16.2. The van der Waals surface area contributed by atoms with Crippen LogP contribution in [0, 0.1) is 0 Å². The van der Waals surface area contributed by atoms with Crippen LogP contribution >= 0.6 is 0 Å². The quantitative estimate of drug-likeness (QED) is 0.834. The van der Waals surface area contributed by atoms with Crippen LogP contribution in [0.25, 0.3) is 10.8 Å². The fraction of sp³-hybridized carbons (Fsp3) is 0.409. The van der Waals surface area contributed by atoms with E-state index in [2.05, 4.69) is 5.32 Å². The average molecular weight is 379 g/mol. The molecule has 0 radical (unpaired) electrons. The van der Waals surface area contributed by atoms with Crippen molar-refractivity contribution in [2.24, 2.45) is 0 Å². The first-order valence-corrected chi connectivity index (χ1v) is 9.90. The van der Waals surface area contributed by atoms with E-state index in [1.807, 2.05) is 42.5 Å². The minimum absolute atomic E-state index is 0.159. The fourth-order valence-corrected chi connectivity index (χ4v) is 4.09. The van der Waals surface area contributed by atoms with E-state index >= 15 is 0 Å². The number of fused-ring (bicyclic) bond motifs is 1. The van der Waals surface area contributed by atoms with Crippen LogP contribution in [-0.2, 0) is 15.1 Å². The van der Waals surface area contributed by atoms with E-state index in [9.17, 15) is 14.4 Å². The molecule has 0 saturated carbocycles. The van der Waals surface area contributed by atoms with Gasteiger partial charge >= 0.3 is 6.03 Å². The molecule has 2 saturated heterocycles. The van der Waals surface area contributed by atoms with Crippen molar-refractivity contribution in [2.75, 3.05) is 19.6 Å². The maximum Gasteiger partial charge on any atom is 0.325 e. The molecule has 2 heterocycles. The van der Waals surface area contributed by atoms with Crippen LogP contribution in [0.2, 0.25) is 0 Å². The maximum absolute atomic E-state index is 13.1. The summed E-state index contributed by atoms with van der Waals surface area (Å²) >= 11 is 0. The second kappa shape index (κ2) is 7.26. The Morgan fingerprint density at radius 3 is 2.39 bits per heavy atom. The molecule has 1 atom stereocenters. The maximum atomic E-state index is 13.1. The Kier molecular flexibility index (Phi) is 4.79. The number of imide groups is 1. The van der Waals surface area contributed by atoms with Crippen molar-refractivity contribution >= 4 is 28.6 Å². The molecule has 1 N–H and O–H groups in total. The number of nitrogens with zero attached hydrogens (tertiary/aromatic N) is 2. The molecule has 2 aliphatic heterocycles. The molecular weight excluding hydrogens is 354 g/mol. The molecule has 146 valence electrons. The van der Waals surface area contributed by atoms with Gasteiger partial charge in [-0.3, -0.25) is 14.5 Å². The number of benzene rings is 2. The minimum atomic E-state index is -1.17. The van der Waals surface area contributed by atoms with Crippen molar-refractivity contribution in [3.8, 4) is 0 Å². The number of nitrogens with one attached hydrogen (secondary N) is 1. The SMILES string of the molecule is C[C@]1(c2ccc3ccccc3c2)NC(=O)N(CC(=O)N2CCCCCC2)C1=O. The van der Waals surface area contributed by atoms with Gasteiger partial charge in [-0.05, 0) is 42.2 Å². The zero-order valence-corrected chi connectivity index (χ0v) is 16.1. The molecule has 4 rings (SSSR count). The summed E-state index contributed by atoms with van der Waals surface area (Å²) in [4.78, 5) is 41.2.